The highest BCUT2D eigenvalue weighted by Crippen LogP contribution is 2.37. The number of para-hydroxylation sites is 1. The van der Waals surface area contributed by atoms with Crippen LogP contribution in [0.3, 0.4) is 0 Å². The van der Waals surface area contributed by atoms with Gasteiger partial charge in [0.1, 0.15) is 6.17 Å². The maximum atomic E-state index is 13.3. The molecule has 1 aliphatic heterocycles. The van der Waals surface area contributed by atoms with Gasteiger partial charge in [-0.2, -0.15) is 0 Å². The van der Waals surface area contributed by atoms with E-state index in [4.69, 9.17) is 0 Å². The topological polar surface area (TPSA) is 32.3 Å². The van der Waals surface area contributed by atoms with Crippen LogP contribution in [0.15, 0.2) is 77.7 Å². The number of thioether (sulfide) groups is 1. The second-order valence-electron chi connectivity index (χ2n) is 6.38. The van der Waals surface area contributed by atoms with Gasteiger partial charge >= 0.3 is 0 Å². The van der Waals surface area contributed by atoms with E-state index in [9.17, 15) is 4.79 Å². The molecule has 0 spiro atoms. The van der Waals surface area contributed by atoms with Crippen LogP contribution in [0, 0.1) is 6.92 Å². The molecule has 4 heteroatoms. The molecule has 0 aliphatic carbocycles. The van der Waals surface area contributed by atoms with Crippen LogP contribution >= 0.6 is 11.8 Å². The van der Waals surface area contributed by atoms with Crippen molar-refractivity contribution in [2.75, 3.05) is 16.5 Å². The van der Waals surface area contributed by atoms with E-state index in [0.717, 1.165) is 16.9 Å². The van der Waals surface area contributed by atoms with Gasteiger partial charge in [-0.1, -0.05) is 42.0 Å². The van der Waals surface area contributed by atoms with Crippen LogP contribution in [0.5, 0.6) is 0 Å². The summed E-state index contributed by atoms with van der Waals surface area (Å²) in [7, 11) is 0. The Bertz CT molecular complexity index is 935. The van der Waals surface area contributed by atoms with Crippen molar-refractivity contribution in [3.8, 4) is 0 Å². The van der Waals surface area contributed by atoms with Crippen LogP contribution in [0.2, 0.25) is 0 Å². The molecular formula is C22H20N2OS. The summed E-state index contributed by atoms with van der Waals surface area (Å²) in [5, 5.41) is 3.54. The first-order chi connectivity index (χ1) is 12.7. The Morgan fingerprint density at radius 2 is 1.62 bits per heavy atom. The fourth-order valence-corrected chi connectivity index (χ4v) is 3.65. The Morgan fingerprint density at radius 1 is 0.923 bits per heavy atom. The van der Waals surface area contributed by atoms with Crippen molar-refractivity contribution in [1.82, 2.24) is 0 Å². The summed E-state index contributed by atoms with van der Waals surface area (Å²) in [4.78, 5) is 16.3. The summed E-state index contributed by atoms with van der Waals surface area (Å²) < 4.78 is 0. The predicted octanol–water partition coefficient (Wildman–Crippen LogP) is 5.49. The van der Waals surface area contributed by atoms with E-state index in [0.29, 0.717) is 5.56 Å². The predicted molar refractivity (Wildman–Crippen MR) is 109 cm³/mol. The van der Waals surface area contributed by atoms with Crippen molar-refractivity contribution >= 4 is 29.0 Å². The molecule has 3 aromatic carbocycles. The minimum absolute atomic E-state index is 0.0159. The standard InChI is InChI=1S/C22H20N2OS/c1-15-7-11-17(12-8-15)24-21(16-9-13-18(26-2)14-10-16)23-20-6-4-3-5-19(20)22(24)25/h3-14,21,23H,1-2H3/t21-/m0/s1. The molecule has 3 nitrogen and oxygen atoms in total. The Kier molecular flexibility index (Phi) is 4.43. The first-order valence-electron chi connectivity index (χ1n) is 8.57. The van der Waals surface area contributed by atoms with Gasteiger partial charge in [-0.25, -0.2) is 0 Å². The highest BCUT2D eigenvalue weighted by Gasteiger charge is 2.33. The van der Waals surface area contributed by atoms with Crippen LogP contribution in [0.1, 0.15) is 27.7 Å². The minimum atomic E-state index is -0.240. The summed E-state index contributed by atoms with van der Waals surface area (Å²) in [6.07, 6.45) is 1.82. The minimum Gasteiger partial charge on any atom is -0.360 e. The first kappa shape index (κ1) is 16.7. The third-order valence-electron chi connectivity index (χ3n) is 4.67. The monoisotopic (exact) mass is 360 g/mol. The molecule has 0 saturated heterocycles. The Morgan fingerprint density at radius 3 is 2.31 bits per heavy atom. The average Bonchev–Trinajstić information content (AvgIpc) is 2.69. The molecule has 1 amide bonds. The van der Waals surface area contributed by atoms with E-state index in [1.54, 1.807) is 11.8 Å². The number of anilines is 2. The van der Waals surface area contributed by atoms with Gasteiger partial charge in [0.05, 0.1) is 5.56 Å². The first-order valence-corrected chi connectivity index (χ1v) is 9.79. The van der Waals surface area contributed by atoms with Crippen LogP contribution < -0.4 is 10.2 Å². The maximum Gasteiger partial charge on any atom is 0.262 e. The normalized spacial score (nSPS) is 16.2. The third-order valence-corrected chi connectivity index (χ3v) is 5.41. The highest BCUT2D eigenvalue weighted by molar-refractivity contribution is 7.98. The van der Waals surface area contributed by atoms with Crippen LogP contribution in [-0.4, -0.2) is 12.2 Å². The quantitative estimate of drug-likeness (QED) is 0.627. The number of aryl methyl sites for hydroxylation is 1. The molecular weight excluding hydrogens is 340 g/mol. The zero-order chi connectivity index (χ0) is 18.1. The molecule has 0 radical (unpaired) electrons. The number of rotatable bonds is 3. The Labute approximate surface area is 158 Å². The number of nitrogens with one attached hydrogen (secondary N) is 1. The van der Waals surface area contributed by atoms with E-state index in [-0.39, 0.29) is 12.1 Å². The van der Waals surface area contributed by atoms with Crippen LogP contribution in [0.25, 0.3) is 0 Å². The molecule has 0 bridgehead atoms. The second-order valence-corrected chi connectivity index (χ2v) is 7.26. The van der Waals surface area contributed by atoms with Crippen molar-refractivity contribution in [3.05, 3.63) is 89.5 Å². The van der Waals surface area contributed by atoms with Gasteiger partial charge in [0.2, 0.25) is 0 Å². The number of hydrogen-bond donors (Lipinski definition) is 1. The molecule has 1 N–H and O–H groups in total. The number of amides is 1. The smallest absolute Gasteiger partial charge is 0.262 e. The van der Waals surface area contributed by atoms with Gasteiger partial charge < -0.3 is 5.32 Å². The SMILES string of the molecule is CSc1ccc([C@H]2Nc3ccccc3C(=O)N2c2ccc(C)cc2)cc1. The number of benzene rings is 3. The molecule has 1 heterocycles. The molecule has 0 saturated carbocycles. The van der Waals surface area contributed by atoms with Gasteiger partial charge in [0.25, 0.3) is 5.91 Å². The molecule has 1 aliphatic rings. The molecule has 1 atom stereocenters. The second kappa shape index (κ2) is 6.89. The zero-order valence-electron chi connectivity index (χ0n) is 14.8. The van der Waals surface area contributed by atoms with Crippen molar-refractivity contribution in [2.45, 2.75) is 18.0 Å². The Hall–Kier alpha value is -2.72. The lowest BCUT2D eigenvalue weighted by Crippen LogP contribution is -2.43. The van der Waals surface area contributed by atoms with Crippen LogP contribution in [0.4, 0.5) is 11.4 Å². The zero-order valence-corrected chi connectivity index (χ0v) is 15.6. The fourth-order valence-electron chi connectivity index (χ4n) is 3.24. The van der Waals surface area contributed by atoms with Gasteiger partial charge in [-0.3, -0.25) is 9.69 Å². The van der Waals surface area contributed by atoms with Gasteiger partial charge in [0, 0.05) is 16.3 Å². The largest absolute Gasteiger partial charge is 0.360 e. The van der Waals surface area contributed by atoms with E-state index in [2.05, 4.69) is 35.8 Å². The fraction of sp³-hybridized carbons (Fsp3) is 0.136. The molecule has 0 fully saturated rings. The summed E-state index contributed by atoms with van der Waals surface area (Å²) in [5.74, 6) is 0.0159. The van der Waals surface area contributed by atoms with E-state index < -0.39 is 0 Å². The van der Waals surface area contributed by atoms with Crippen molar-refractivity contribution in [2.24, 2.45) is 0 Å². The summed E-state index contributed by atoms with van der Waals surface area (Å²) >= 11 is 1.71. The lowest BCUT2D eigenvalue weighted by molar-refractivity contribution is 0.0975. The molecule has 130 valence electrons. The van der Waals surface area contributed by atoms with Gasteiger partial charge in [-0.15, -0.1) is 11.8 Å². The number of carbonyl (C=O) groups excluding carboxylic acids is 1. The summed E-state index contributed by atoms with van der Waals surface area (Å²) in [5.41, 5.74) is 4.70. The number of fused-ring (bicyclic) bond motifs is 1. The Balaban J connectivity index is 1.82. The average molecular weight is 360 g/mol. The van der Waals surface area contributed by atoms with Crippen molar-refractivity contribution in [1.29, 1.82) is 0 Å². The van der Waals surface area contributed by atoms with E-state index in [1.807, 2.05) is 60.4 Å². The maximum absolute atomic E-state index is 13.3. The summed E-state index contributed by atoms with van der Waals surface area (Å²) in [6.45, 7) is 2.05. The van der Waals surface area contributed by atoms with Crippen molar-refractivity contribution in [3.63, 3.8) is 0 Å². The molecule has 4 rings (SSSR count). The number of nitrogens with zero attached hydrogens (tertiary/aromatic N) is 1. The highest BCUT2D eigenvalue weighted by atomic mass is 32.2. The molecule has 0 aromatic heterocycles. The van der Waals surface area contributed by atoms with Gasteiger partial charge in [-0.05, 0) is 55.1 Å². The van der Waals surface area contributed by atoms with E-state index in [1.165, 1.54) is 10.5 Å². The van der Waals surface area contributed by atoms with E-state index >= 15 is 0 Å². The summed E-state index contributed by atoms with van der Waals surface area (Å²) in [6, 6.07) is 24.2. The lowest BCUT2D eigenvalue weighted by atomic mass is 10.0. The van der Waals surface area contributed by atoms with Crippen molar-refractivity contribution < 1.29 is 4.79 Å². The van der Waals surface area contributed by atoms with Crippen LogP contribution in [-0.2, 0) is 0 Å². The number of carbonyl (C=O) groups is 1. The lowest BCUT2D eigenvalue weighted by Gasteiger charge is -2.38. The molecule has 26 heavy (non-hydrogen) atoms. The molecule has 3 aromatic rings. The third kappa shape index (κ3) is 2.97. The number of hydrogen-bond acceptors (Lipinski definition) is 3. The van der Waals surface area contributed by atoms with Gasteiger partial charge in [0.15, 0.2) is 0 Å². The molecule has 0 unspecified atom stereocenters.